The van der Waals surface area contributed by atoms with E-state index in [1.165, 1.54) is 0 Å². The first kappa shape index (κ1) is 7.21. The molecule has 0 saturated carbocycles. The van der Waals surface area contributed by atoms with Crippen LogP contribution in [0.4, 0.5) is 0 Å². The molecule has 0 aromatic carbocycles. The van der Waals surface area contributed by atoms with E-state index in [9.17, 15) is 0 Å². The molecule has 1 aromatic rings. The predicted octanol–water partition coefficient (Wildman–Crippen LogP) is 0.915. The topological polar surface area (TPSA) is 48.2 Å². The van der Waals surface area contributed by atoms with Gasteiger partial charge in [0.2, 0.25) is 11.8 Å². The van der Waals surface area contributed by atoms with Crippen LogP contribution in [-0.4, -0.2) is 16.8 Å². The van der Waals surface area contributed by atoms with E-state index in [4.69, 9.17) is 9.15 Å². The van der Waals surface area contributed by atoms with E-state index in [0.29, 0.717) is 25.0 Å². The second-order valence-electron chi connectivity index (χ2n) is 1.85. The lowest BCUT2D eigenvalue weighted by Gasteiger charge is -1.92. The zero-order valence-corrected chi connectivity index (χ0v) is 6.13. The average molecular weight is 142 g/mol. The molecule has 0 N–H and O–H groups in total. The minimum Gasteiger partial charge on any atom is -0.423 e. The lowest BCUT2D eigenvalue weighted by molar-refractivity contribution is 0.113. The van der Waals surface area contributed by atoms with Crippen LogP contribution in [0.3, 0.4) is 0 Å². The molecule has 0 saturated heterocycles. The summed E-state index contributed by atoms with van der Waals surface area (Å²) < 4.78 is 10.1. The van der Waals surface area contributed by atoms with Crippen molar-refractivity contribution in [3.63, 3.8) is 0 Å². The third kappa shape index (κ3) is 1.80. The van der Waals surface area contributed by atoms with E-state index in [0.717, 1.165) is 0 Å². The summed E-state index contributed by atoms with van der Waals surface area (Å²) in [6.07, 6.45) is 0. The molecule has 0 aliphatic carbocycles. The SMILES string of the molecule is CCOCc1nnc(C)o1. The summed E-state index contributed by atoms with van der Waals surface area (Å²) in [5, 5.41) is 7.38. The van der Waals surface area contributed by atoms with Gasteiger partial charge in [0.05, 0.1) is 0 Å². The van der Waals surface area contributed by atoms with Crippen molar-refractivity contribution >= 4 is 0 Å². The fourth-order valence-electron chi connectivity index (χ4n) is 0.585. The number of hydrogen-bond donors (Lipinski definition) is 0. The van der Waals surface area contributed by atoms with Gasteiger partial charge in [-0.15, -0.1) is 10.2 Å². The number of nitrogens with zero attached hydrogens (tertiary/aromatic N) is 2. The van der Waals surface area contributed by atoms with Crippen molar-refractivity contribution in [1.29, 1.82) is 0 Å². The predicted molar refractivity (Wildman–Crippen MR) is 34.4 cm³/mol. The van der Waals surface area contributed by atoms with E-state index in [1.54, 1.807) is 6.92 Å². The van der Waals surface area contributed by atoms with E-state index >= 15 is 0 Å². The van der Waals surface area contributed by atoms with Gasteiger partial charge in [-0.2, -0.15) is 0 Å². The number of aromatic nitrogens is 2. The van der Waals surface area contributed by atoms with Crippen molar-refractivity contribution in [3.05, 3.63) is 11.8 Å². The van der Waals surface area contributed by atoms with Gasteiger partial charge in [-0.25, -0.2) is 0 Å². The van der Waals surface area contributed by atoms with Crippen molar-refractivity contribution < 1.29 is 9.15 Å². The summed E-state index contributed by atoms with van der Waals surface area (Å²) in [4.78, 5) is 0. The third-order valence-electron chi connectivity index (χ3n) is 0.998. The molecule has 0 spiro atoms. The summed E-state index contributed by atoms with van der Waals surface area (Å²) in [6, 6.07) is 0. The summed E-state index contributed by atoms with van der Waals surface area (Å²) in [5.41, 5.74) is 0. The first-order valence-corrected chi connectivity index (χ1v) is 3.19. The normalized spacial score (nSPS) is 10.2. The Hall–Kier alpha value is -0.900. The van der Waals surface area contributed by atoms with Gasteiger partial charge in [-0.1, -0.05) is 0 Å². The highest BCUT2D eigenvalue weighted by Gasteiger charge is 1.99. The average Bonchev–Trinajstić information content (AvgIpc) is 2.31. The van der Waals surface area contributed by atoms with Gasteiger partial charge < -0.3 is 9.15 Å². The Bertz CT molecular complexity index is 197. The number of aryl methyl sites for hydroxylation is 1. The molecule has 10 heavy (non-hydrogen) atoms. The Morgan fingerprint density at radius 3 is 2.80 bits per heavy atom. The molecule has 0 atom stereocenters. The van der Waals surface area contributed by atoms with Crippen LogP contribution in [0.5, 0.6) is 0 Å². The van der Waals surface area contributed by atoms with E-state index < -0.39 is 0 Å². The fraction of sp³-hybridized carbons (Fsp3) is 0.667. The van der Waals surface area contributed by atoms with Gasteiger partial charge in [-0.05, 0) is 6.92 Å². The number of ether oxygens (including phenoxy) is 1. The molecule has 1 heterocycles. The van der Waals surface area contributed by atoms with Crippen LogP contribution in [0, 0.1) is 6.92 Å². The minimum atomic E-state index is 0.414. The summed E-state index contributed by atoms with van der Waals surface area (Å²) >= 11 is 0. The van der Waals surface area contributed by atoms with Crippen molar-refractivity contribution in [2.45, 2.75) is 20.5 Å². The van der Waals surface area contributed by atoms with Gasteiger partial charge in [-0.3, -0.25) is 0 Å². The molecule has 0 unspecified atom stereocenters. The largest absolute Gasteiger partial charge is 0.423 e. The minimum absolute atomic E-state index is 0.414. The molecule has 4 heteroatoms. The van der Waals surface area contributed by atoms with Crippen LogP contribution in [0.15, 0.2) is 4.42 Å². The van der Waals surface area contributed by atoms with Crippen LogP contribution in [0.2, 0.25) is 0 Å². The molecular formula is C6H10N2O2. The Labute approximate surface area is 59.2 Å². The zero-order valence-electron chi connectivity index (χ0n) is 6.13. The van der Waals surface area contributed by atoms with Gasteiger partial charge in [0.25, 0.3) is 0 Å². The maximum Gasteiger partial charge on any atom is 0.242 e. The molecule has 0 amide bonds. The van der Waals surface area contributed by atoms with Crippen molar-refractivity contribution in [2.24, 2.45) is 0 Å². The van der Waals surface area contributed by atoms with E-state index in [2.05, 4.69) is 10.2 Å². The van der Waals surface area contributed by atoms with Gasteiger partial charge >= 0.3 is 0 Å². The van der Waals surface area contributed by atoms with E-state index in [-0.39, 0.29) is 0 Å². The standard InChI is InChI=1S/C6H10N2O2/c1-3-9-4-6-8-7-5(2)10-6/h3-4H2,1-2H3. The Morgan fingerprint density at radius 1 is 1.50 bits per heavy atom. The molecule has 0 aliphatic heterocycles. The van der Waals surface area contributed by atoms with Gasteiger partial charge in [0.15, 0.2) is 0 Å². The second-order valence-corrected chi connectivity index (χ2v) is 1.85. The third-order valence-corrected chi connectivity index (χ3v) is 0.998. The molecule has 0 radical (unpaired) electrons. The molecular weight excluding hydrogens is 132 g/mol. The van der Waals surface area contributed by atoms with Crippen LogP contribution in [0.1, 0.15) is 18.7 Å². The Balaban J connectivity index is 2.42. The smallest absolute Gasteiger partial charge is 0.242 e. The first-order valence-electron chi connectivity index (χ1n) is 3.19. The lowest BCUT2D eigenvalue weighted by Crippen LogP contribution is -1.91. The second kappa shape index (κ2) is 3.31. The molecule has 56 valence electrons. The van der Waals surface area contributed by atoms with E-state index in [1.807, 2.05) is 6.92 Å². The van der Waals surface area contributed by atoms with Gasteiger partial charge in [0, 0.05) is 13.5 Å². The number of hydrogen-bond acceptors (Lipinski definition) is 4. The maximum absolute atomic E-state index is 5.04. The van der Waals surface area contributed by atoms with Crippen LogP contribution < -0.4 is 0 Å². The highest BCUT2D eigenvalue weighted by Crippen LogP contribution is 1.98. The Kier molecular flexibility index (Phi) is 2.39. The van der Waals surface area contributed by atoms with Crippen LogP contribution >= 0.6 is 0 Å². The van der Waals surface area contributed by atoms with Crippen LogP contribution in [-0.2, 0) is 11.3 Å². The fourth-order valence-corrected chi connectivity index (χ4v) is 0.585. The van der Waals surface area contributed by atoms with Crippen molar-refractivity contribution in [3.8, 4) is 0 Å². The molecule has 4 nitrogen and oxygen atoms in total. The molecule has 1 rings (SSSR count). The molecule has 1 aromatic heterocycles. The Morgan fingerprint density at radius 2 is 2.30 bits per heavy atom. The summed E-state index contributed by atoms with van der Waals surface area (Å²) in [5.74, 6) is 1.12. The number of rotatable bonds is 3. The highest BCUT2D eigenvalue weighted by atomic mass is 16.5. The summed E-state index contributed by atoms with van der Waals surface area (Å²) in [6.45, 7) is 4.75. The zero-order chi connectivity index (χ0) is 7.40. The first-order chi connectivity index (χ1) is 4.83. The van der Waals surface area contributed by atoms with Crippen molar-refractivity contribution in [2.75, 3.05) is 6.61 Å². The lowest BCUT2D eigenvalue weighted by atomic mass is 10.7. The van der Waals surface area contributed by atoms with Crippen LogP contribution in [0.25, 0.3) is 0 Å². The summed E-state index contributed by atoms with van der Waals surface area (Å²) in [7, 11) is 0. The van der Waals surface area contributed by atoms with Crippen molar-refractivity contribution in [1.82, 2.24) is 10.2 Å². The maximum atomic E-state index is 5.04. The molecule has 0 bridgehead atoms. The molecule has 0 fully saturated rings. The molecule has 0 aliphatic rings. The van der Waals surface area contributed by atoms with Gasteiger partial charge in [0.1, 0.15) is 6.61 Å². The quantitative estimate of drug-likeness (QED) is 0.629. The highest BCUT2D eigenvalue weighted by molar-refractivity contribution is 4.75. The monoisotopic (exact) mass is 142 g/mol.